The van der Waals surface area contributed by atoms with Crippen molar-refractivity contribution in [2.24, 2.45) is 0 Å². The van der Waals surface area contributed by atoms with Gasteiger partial charge in [0, 0.05) is 17.8 Å². The van der Waals surface area contributed by atoms with Crippen LogP contribution in [-0.2, 0) is 13.1 Å². The van der Waals surface area contributed by atoms with Crippen LogP contribution in [0.1, 0.15) is 16.1 Å². The number of ether oxygens (including phenoxy) is 1. The van der Waals surface area contributed by atoms with Gasteiger partial charge in [-0.05, 0) is 24.3 Å². The Morgan fingerprint density at radius 2 is 2.16 bits per heavy atom. The molecule has 0 radical (unpaired) electrons. The van der Waals surface area contributed by atoms with E-state index >= 15 is 0 Å². The number of methoxy groups -OCH3 is 1. The molecule has 0 atom stereocenters. The van der Waals surface area contributed by atoms with E-state index in [9.17, 15) is 13.6 Å². The van der Waals surface area contributed by atoms with E-state index in [4.69, 9.17) is 4.74 Å². The van der Waals surface area contributed by atoms with Crippen molar-refractivity contribution >= 4 is 16.8 Å². The second kappa shape index (κ2) is 7.25. The fourth-order valence-electron chi connectivity index (χ4n) is 2.53. The third kappa shape index (κ3) is 3.73. The number of fused-ring (bicyclic) bond motifs is 1. The monoisotopic (exact) mass is 346 g/mol. The van der Waals surface area contributed by atoms with Crippen LogP contribution < -0.4 is 10.1 Å². The maximum absolute atomic E-state index is 12.6. The van der Waals surface area contributed by atoms with Gasteiger partial charge in [0.15, 0.2) is 0 Å². The van der Waals surface area contributed by atoms with E-state index in [0.29, 0.717) is 22.5 Å². The van der Waals surface area contributed by atoms with Crippen LogP contribution in [0.5, 0.6) is 5.75 Å². The molecular formula is C17H16F2N4O2. The largest absolute Gasteiger partial charge is 0.497 e. The van der Waals surface area contributed by atoms with E-state index in [2.05, 4.69) is 15.4 Å². The number of amides is 1. The lowest BCUT2D eigenvalue weighted by atomic mass is 10.1. The molecule has 6 nitrogen and oxygen atoms in total. The summed E-state index contributed by atoms with van der Waals surface area (Å²) in [5, 5.41) is 7.33. The van der Waals surface area contributed by atoms with Crippen molar-refractivity contribution in [3.8, 4) is 5.75 Å². The number of pyridine rings is 1. The summed E-state index contributed by atoms with van der Waals surface area (Å²) in [6.07, 6.45) is 0.510. The summed E-state index contributed by atoms with van der Waals surface area (Å²) in [6.45, 7) is -0.432. The van der Waals surface area contributed by atoms with E-state index in [-0.39, 0.29) is 12.5 Å². The number of aromatic nitrogens is 3. The Bertz CT molecular complexity index is 895. The van der Waals surface area contributed by atoms with E-state index in [1.54, 1.807) is 30.5 Å². The Kier molecular flexibility index (Phi) is 4.87. The molecule has 0 aliphatic carbocycles. The molecule has 2 heterocycles. The predicted octanol–water partition coefficient (Wildman–Crippen LogP) is 2.64. The highest BCUT2D eigenvalue weighted by atomic mass is 19.3. The summed E-state index contributed by atoms with van der Waals surface area (Å²) in [5.74, 6) is 0.167. The summed E-state index contributed by atoms with van der Waals surface area (Å²) >= 11 is 0. The molecule has 25 heavy (non-hydrogen) atoms. The minimum absolute atomic E-state index is 0.0804. The van der Waals surface area contributed by atoms with Gasteiger partial charge in [-0.25, -0.2) is 8.78 Å². The van der Waals surface area contributed by atoms with Crippen molar-refractivity contribution in [2.45, 2.75) is 19.5 Å². The predicted molar refractivity (Wildman–Crippen MR) is 87.7 cm³/mol. The third-order valence-corrected chi connectivity index (χ3v) is 3.70. The first-order valence-electron chi connectivity index (χ1n) is 7.58. The molecule has 0 aliphatic rings. The molecule has 0 unspecified atom stereocenters. The second-order valence-electron chi connectivity index (χ2n) is 5.33. The molecule has 0 bridgehead atoms. The Morgan fingerprint density at radius 1 is 1.32 bits per heavy atom. The molecule has 0 aliphatic heterocycles. The van der Waals surface area contributed by atoms with Crippen molar-refractivity contribution in [1.29, 1.82) is 0 Å². The maximum atomic E-state index is 12.6. The molecule has 0 spiro atoms. The molecule has 2 aromatic heterocycles. The zero-order valence-corrected chi connectivity index (χ0v) is 13.4. The summed E-state index contributed by atoms with van der Waals surface area (Å²) in [4.78, 5) is 16.8. The Morgan fingerprint density at radius 3 is 2.92 bits per heavy atom. The van der Waals surface area contributed by atoms with Gasteiger partial charge in [0.2, 0.25) is 0 Å². The van der Waals surface area contributed by atoms with Crippen molar-refractivity contribution in [1.82, 2.24) is 20.1 Å². The molecule has 0 fully saturated rings. The van der Waals surface area contributed by atoms with Gasteiger partial charge >= 0.3 is 0 Å². The fourth-order valence-corrected chi connectivity index (χ4v) is 2.53. The average Bonchev–Trinajstić information content (AvgIpc) is 3.04. The number of hydrogen-bond donors (Lipinski definition) is 1. The van der Waals surface area contributed by atoms with Crippen LogP contribution in [0, 0.1) is 0 Å². The molecule has 1 aromatic carbocycles. The quantitative estimate of drug-likeness (QED) is 0.745. The van der Waals surface area contributed by atoms with Gasteiger partial charge in [0.25, 0.3) is 12.3 Å². The molecule has 3 aromatic rings. The molecule has 130 valence electrons. The minimum Gasteiger partial charge on any atom is -0.497 e. The highest BCUT2D eigenvalue weighted by Gasteiger charge is 2.15. The Balaban J connectivity index is 1.82. The molecule has 0 saturated heterocycles. The lowest BCUT2D eigenvalue weighted by Crippen LogP contribution is -2.25. The molecular weight excluding hydrogens is 330 g/mol. The van der Waals surface area contributed by atoms with Crippen molar-refractivity contribution in [3.63, 3.8) is 0 Å². The van der Waals surface area contributed by atoms with Crippen molar-refractivity contribution in [2.75, 3.05) is 7.11 Å². The number of nitrogens with zero attached hydrogens (tertiary/aromatic N) is 3. The number of hydrogen-bond acceptors (Lipinski definition) is 4. The number of carbonyl (C=O) groups is 1. The van der Waals surface area contributed by atoms with Gasteiger partial charge in [0.1, 0.15) is 12.3 Å². The van der Waals surface area contributed by atoms with Crippen molar-refractivity contribution < 1.29 is 18.3 Å². The molecule has 3 rings (SSSR count). The van der Waals surface area contributed by atoms with Gasteiger partial charge < -0.3 is 10.1 Å². The number of nitrogens with one attached hydrogen (secondary N) is 1. The minimum atomic E-state index is -2.51. The smallest absolute Gasteiger partial charge is 0.257 e. The average molecular weight is 346 g/mol. The summed E-state index contributed by atoms with van der Waals surface area (Å²) in [6, 6.07) is 8.58. The molecule has 1 amide bonds. The number of carbonyl (C=O) groups excluding carboxylic acids is 1. The Labute approximate surface area is 142 Å². The van der Waals surface area contributed by atoms with Gasteiger partial charge in [-0.1, -0.05) is 6.07 Å². The first kappa shape index (κ1) is 16.8. The lowest BCUT2D eigenvalue weighted by molar-refractivity contribution is 0.0949. The number of halogens is 2. The zero-order chi connectivity index (χ0) is 17.8. The van der Waals surface area contributed by atoms with Crippen LogP contribution in [0.3, 0.4) is 0 Å². The van der Waals surface area contributed by atoms with Crippen LogP contribution in [0.15, 0.2) is 42.7 Å². The zero-order valence-electron chi connectivity index (χ0n) is 13.4. The van der Waals surface area contributed by atoms with Crippen LogP contribution in [-0.4, -0.2) is 34.2 Å². The first-order chi connectivity index (χ1) is 12.1. The number of alkyl halides is 2. The van der Waals surface area contributed by atoms with Gasteiger partial charge in [-0.15, -0.1) is 0 Å². The summed E-state index contributed by atoms with van der Waals surface area (Å²) < 4.78 is 31.5. The Hall–Kier alpha value is -3.03. The van der Waals surface area contributed by atoms with Gasteiger partial charge in [0.05, 0.1) is 30.4 Å². The fraction of sp³-hybridized carbons (Fsp3) is 0.235. The van der Waals surface area contributed by atoms with Gasteiger partial charge in [-0.3, -0.25) is 14.5 Å². The van der Waals surface area contributed by atoms with Crippen LogP contribution in [0.25, 0.3) is 10.9 Å². The SMILES string of the molecule is COc1cc(C(=O)NCc2ccnn2CC(F)F)c2ncccc2c1. The van der Waals surface area contributed by atoms with E-state index in [1.807, 2.05) is 6.07 Å². The third-order valence-electron chi connectivity index (χ3n) is 3.70. The van der Waals surface area contributed by atoms with E-state index in [1.165, 1.54) is 18.0 Å². The standard InChI is InChI=1S/C17H16F2N4O2/c1-25-13-7-11-3-2-5-20-16(11)14(8-13)17(24)21-9-12-4-6-22-23(12)10-15(18)19/h2-8,15H,9-10H2,1H3,(H,21,24). The van der Waals surface area contributed by atoms with Crippen LogP contribution >= 0.6 is 0 Å². The topological polar surface area (TPSA) is 69.0 Å². The maximum Gasteiger partial charge on any atom is 0.257 e. The van der Waals surface area contributed by atoms with Crippen LogP contribution in [0.2, 0.25) is 0 Å². The van der Waals surface area contributed by atoms with Crippen molar-refractivity contribution in [3.05, 3.63) is 54.0 Å². The van der Waals surface area contributed by atoms with Gasteiger partial charge in [-0.2, -0.15) is 5.10 Å². The normalized spacial score (nSPS) is 11.0. The number of benzene rings is 1. The number of rotatable bonds is 6. The van der Waals surface area contributed by atoms with E-state index in [0.717, 1.165) is 5.39 Å². The van der Waals surface area contributed by atoms with Crippen LogP contribution in [0.4, 0.5) is 8.78 Å². The summed E-state index contributed by atoms with van der Waals surface area (Å²) in [5.41, 5.74) is 1.39. The first-order valence-corrected chi connectivity index (χ1v) is 7.58. The lowest BCUT2D eigenvalue weighted by Gasteiger charge is -2.11. The van der Waals surface area contributed by atoms with E-state index < -0.39 is 13.0 Å². The molecule has 1 N–H and O–H groups in total. The summed E-state index contributed by atoms with van der Waals surface area (Å²) in [7, 11) is 1.52. The second-order valence-corrected chi connectivity index (χ2v) is 5.33. The molecule has 8 heteroatoms. The highest BCUT2D eigenvalue weighted by molar-refractivity contribution is 6.06. The molecule has 0 saturated carbocycles. The highest BCUT2D eigenvalue weighted by Crippen LogP contribution is 2.23.